The van der Waals surface area contributed by atoms with Gasteiger partial charge in [-0.25, -0.2) is 0 Å². The van der Waals surface area contributed by atoms with Crippen LogP contribution in [0.1, 0.15) is 47.6 Å². The quantitative estimate of drug-likeness (QED) is 0.0552. The summed E-state index contributed by atoms with van der Waals surface area (Å²) in [6.07, 6.45) is 3.90. The number of hydrogen-bond acceptors (Lipinski definition) is 11. The smallest absolute Gasteiger partial charge is 0.192 e. The Morgan fingerprint density at radius 1 is 0.776 bits per heavy atom. The van der Waals surface area contributed by atoms with Gasteiger partial charge in [0.25, 0.3) is 0 Å². The Hall–Kier alpha value is -4.10. The second-order valence-corrected chi connectivity index (χ2v) is 12.5. The molecule has 0 atom stereocenters. The van der Waals surface area contributed by atoms with Crippen molar-refractivity contribution in [3.8, 4) is 11.5 Å². The first kappa shape index (κ1) is 34.8. The summed E-state index contributed by atoms with van der Waals surface area (Å²) in [5.74, 6) is -0.0858. The largest absolute Gasteiger partial charge is 0.504 e. The topological polar surface area (TPSA) is 164 Å². The van der Waals surface area contributed by atoms with Crippen LogP contribution in [0.2, 0.25) is 0 Å². The van der Waals surface area contributed by atoms with Gasteiger partial charge in [0.2, 0.25) is 0 Å². The second kappa shape index (κ2) is 14.8. The number of rotatable bonds is 17. The Kier molecular flexibility index (Phi) is 10.5. The van der Waals surface area contributed by atoms with Gasteiger partial charge in [0.1, 0.15) is 0 Å². The van der Waals surface area contributed by atoms with Crippen LogP contribution in [0.15, 0.2) is 27.3 Å². The summed E-state index contributed by atoms with van der Waals surface area (Å²) in [6.45, 7) is 3.55. The van der Waals surface area contributed by atoms with Crippen molar-refractivity contribution >= 4 is 54.9 Å². The molecule has 5 aromatic carbocycles. The van der Waals surface area contributed by atoms with Crippen LogP contribution in [0.25, 0.3) is 49.2 Å². The molecule has 0 saturated carbocycles. The zero-order valence-corrected chi connectivity index (χ0v) is 28.2. The normalized spacial score (nSPS) is 13.0. The van der Waals surface area contributed by atoms with E-state index < -0.39 is 12.0 Å². The number of methoxy groups -OCH3 is 2. The van der Waals surface area contributed by atoms with E-state index in [-0.39, 0.29) is 35.5 Å². The van der Waals surface area contributed by atoms with E-state index >= 15 is 0 Å². The van der Waals surface area contributed by atoms with Crippen molar-refractivity contribution in [2.24, 2.45) is 0 Å². The van der Waals surface area contributed by atoms with E-state index in [2.05, 4.69) is 5.32 Å². The van der Waals surface area contributed by atoms with Crippen molar-refractivity contribution in [3.05, 3.63) is 66.0 Å². The Balaban J connectivity index is 1.77. The third kappa shape index (κ3) is 5.94. The maximum atomic E-state index is 14.9. The number of allylic oxidation sites excluding steroid dienone is 1. The molecule has 11 heteroatoms. The van der Waals surface area contributed by atoms with E-state index in [1.807, 2.05) is 13.0 Å². The highest BCUT2D eigenvalue weighted by molar-refractivity contribution is 6.38. The van der Waals surface area contributed by atoms with Crippen molar-refractivity contribution in [3.63, 3.8) is 0 Å². The molecule has 0 bridgehead atoms. The molecule has 0 aliphatic heterocycles. The lowest BCUT2D eigenvalue weighted by atomic mass is 9.80. The van der Waals surface area contributed by atoms with Crippen LogP contribution in [-0.2, 0) is 40.3 Å². The van der Waals surface area contributed by atoms with Crippen molar-refractivity contribution in [2.75, 3.05) is 65.7 Å². The molecule has 6 rings (SSSR count). The summed E-state index contributed by atoms with van der Waals surface area (Å²) in [5.41, 5.74) is 3.66. The predicted octanol–water partition coefficient (Wildman–Crippen LogP) is 3.96. The average molecular weight is 674 g/mol. The van der Waals surface area contributed by atoms with Gasteiger partial charge in [-0.05, 0) is 83.0 Å². The molecule has 260 valence electrons. The van der Waals surface area contributed by atoms with Gasteiger partial charge in [-0.2, -0.15) is 0 Å². The number of benzene rings is 5. The van der Waals surface area contributed by atoms with Crippen LogP contribution >= 0.6 is 0 Å². The third-order valence-corrected chi connectivity index (χ3v) is 9.45. The van der Waals surface area contributed by atoms with Gasteiger partial charge < -0.3 is 44.7 Å². The monoisotopic (exact) mass is 673 g/mol. The second-order valence-electron chi connectivity index (χ2n) is 12.5. The fourth-order valence-electron chi connectivity index (χ4n) is 7.49. The molecule has 0 aromatic heterocycles. The highest BCUT2D eigenvalue weighted by atomic mass is 16.5. The van der Waals surface area contributed by atoms with E-state index in [0.717, 1.165) is 16.5 Å². The number of fused-ring (bicyclic) bond motifs is 1. The summed E-state index contributed by atoms with van der Waals surface area (Å²) >= 11 is 0. The molecule has 5 N–H and O–H groups in total. The van der Waals surface area contributed by atoms with Crippen LogP contribution in [0, 0.1) is 0 Å². The number of ether oxygens (including phenoxy) is 4. The zero-order valence-electron chi connectivity index (χ0n) is 28.2. The minimum Gasteiger partial charge on any atom is -0.504 e. The number of aliphatic hydroxyl groups is 3. The van der Waals surface area contributed by atoms with Crippen LogP contribution in [0.4, 0.5) is 5.69 Å². The maximum absolute atomic E-state index is 14.9. The van der Waals surface area contributed by atoms with Crippen molar-refractivity contribution < 1.29 is 39.4 Å². The van der Waals surface area contributed by atoms with Crippen LogP contribution < -0.4 is 20.9 Å². The van der Waals surface area contributed by atoms with Crippen molar-refractivity contribution in [2.45, 2.75) is 45.8 Å². The molecule has 0 saturated heterocycles. The lowest BCUT2D eigenvalue weighted by molar-refractivity contribution is 0.0695. The first-order valence-electron chi connectivity index (χ1n) is 16.6. The fourth-order valence-corrected chi connectivity index (χ4v) is 7.49. The van der Waals surface area contributed by atoms with Crippen molar-refractivity contribution in [1.82, 2.24) is 0 Å². The zero-order chi connectivity index (χ0) is 34.8. The van der Waals surface area contributed by atoms with Gasteiger partial charge in [0.15, 0.2) is 22.4 Å². The van der Waals surface area contributed by atoms with E-state index in [4.69, 9.17) is 24.1 Å². The molecule has 0 fully saturated rings. The van der Waals surface area contributed by atoms with E-state index in [0.29, 0.717) is 126 Å². The third-order valence-electron chi connectivity index (χ3n) is 9.45. The highest BCUT2D eigenvalue weighted by Crippen LogP contribution is 2.53. The highest BCUT2D eigenvalue weighted by Gasteiger charge is 2.32. The molecule has 11 nitrogen and oxygen atoms in total. The van der Waals surface area contributed by atoms with Gasteiger partial charge in [-0.1, -0.05) is 11.6 Å². The number of hydrogen-bond donors (Lipinski definition) is 5. The predicted molar refractivity (Wildman–Crippen MR) is 191 cm³/mol. The molecule has 0 radical (unpaired) electrons. The molecular formula is C38H43NO10. The molecule has 0 heterocycles. The fraction of sp³-hybridized carbons (Fsp3) is 0.421. The summed E-state index contributed by atoms with van der Waals surface area (Å²) in [7, 11) is 3.07. The van der Waals surface area contributed by atoms with Crippen LogP contribution in [0.3, 0.4) is 0 Å². The first-order valence-corrected chi connectivity index (χ1v) is 16.6. The molecule has 0 spiro atoms. The van der Waals surface area contributed by atoms with E-state index in [9.17, 15) is 24.9 Å². The summed E-state index contributed by atoms with van der Waals surface area (Å²) < 4.78 is 22.3. The van der Waals surface area contributed by atoms with Crippen LogP contribution in [0.5, 0.6) is 11.5 Å². The van der Waals surface area contributed by atoms with E-state index in [1.54, 1.807) is 13.2 Å². The molecule has 1 aliphatic carbocycles. The number of aliphatic hydroxyl groups excluding tert-OH is 3. The first-order chi connectivity index (χ1) is 23.8. The number of phenols is 1. The summed E-state index contributed by atoms with van der Waals surface area (Å²) in [5, 5.41) is 49.6. The Morgan fingerprint density at radius 3 is 2.16 bits per heavy atom. The minimum atomic E-state index is -0.468. The van der Waals surface area contributed by atoms with Gasteiger partial charge in [0, 0.05) is 61.1 Å². The maximum Gasteiger partial charge on any atom is 0.192 e. The summed E-state index contributed by atoms with van der Waals surface area (Å²) in [4.78, 5) is 28.6. The van der Waals surface area contributed by atoms with Gasteiger partial charge in [-0.15, -0.1) is 0 Å². The Bertz CT molecular complexity index is 2160. The number of phenolic OH excluding ortho intramolecular Hbond substituents is 1. The average Bonchev–Trinajstić information content (AvgIpc) is 3.24. The molecule has 0 amide bonds. The minimum absolute atomic E-state index is 0.0284. The molecular weight excluding hydrogens is 630 g/mol. The Morgan fingerprint density at radius 2 is 1.47 bits per heavy atom. The van der Waals surface area contributed by atoms with Crippen LogP contribution in [-0.4, -0.2) is 80.8 Å². The lowest BCUT2D eigenvalue weighted by Crippen LogP contribution is -2.18. The SMILES string of the molecule is COCCOCCCc1c2c3c4c(c(OC)c(O)c5c(=O)cc(CO)c(c6c(CO)cc(NCCOCCCO)c(c1=O)c63)c54)CC(C)=C2. The van der Waals surface area contributed by atoms with Crippen molar-refractivity contribution in [1.29, 1.82) is 0 Å². The van der Waals surface area contributed by atoms with Gasteiger partial charge in [0.05, 0.1) is 50.9 Å². The molecule has 5 aromatic rings. The molecule has 49 heavy (non-hydrogen) atoms. The number of aromatic hydroxyl groups is 1. The number of anilines is 1. The standard InChI is InChI=1S/C38H43NO10/c1-20-14-24-23(6-4-9-49-13-12-46-2)36(44)32-26(39-7-11-48-10-5-8-40)16-21(18-41)28-29-22(19-42)17-27(43)33-35(29)31(30(24)34(28)32)25(15-20)38(47-3)37(33)45/h14,16-17,39-42,45H,4-13,15,18-19H2,1-3H3. The lowest BCUT2D eigenvalue weighted by Gasteiger charge is -2.25. The molecule has 1 aliphatic rings. The van der Waals surface area contributed by atoms with Gasteiger partial charge in [-0.3, -0.25) is 9.59 Å². The Labute approximate surface area is 283 Å². The summed E-state index contributed by atoms with van der Waals surface area (Å²) in [6, 6.07) is 3.07. The van der Waals surface area contributed by atoms with Gasteiger partial charge >= 0.3 is 0 Å². The van der Waals surface area contributed by atoms with E-state index in [1.165, 1.54) is 13.2 Å². The number of nitrogens with one attached hydrogen (secondary N) is 1. The molecule has 0 unspecified atom stereocenters.